The molecule has 3 fully saturated rings. The van der Waals surface area contributed by atoms with Crippen LogP contribution in [-0.4, -0.2) is 49.9 Å². The quantitative estimate of drug-likeness (QED) is 0.754. The molecule has 0 unspecified atom stereocenters. The number of nitrogens with zero attached hydrogens (tertiary/aromatic N) is 1. The van der Waals surface area contributed by atoms with E-state index in [-0.39, 0.29) is 23.0 Å². The molecule has 2 saturated heterocycles. The van der Waals surface area contributed by atoms with Crippen molar-refractivity contribution in [1.29, 1.82) is 0 Å². The minimum absolute atomic E-state index is 0.132. The molecule has 2 heterocycles. The third kappa shape index (κ3) is 4.36. The Morgan fingerprint density at radius 3 is 2.26 bits per heavy atom. The second-order valence-electron chi connectivity index (χ2n) is 9.85. The van der Waals surface area contributed by atoms with E-state index in [1.54, 1.807) is 19.2 Å². The zero-order valence-electron chi connectivity index (χ0n) is 18.7. The molecule has 31 heavy (non-hydrogen) atoms. The Morgan fingerprint density at radius 1 is 1.06 bits per heavy atom. The van der Waals surface area contributed by atoms with Crippen molar-refractivity contribution >= 4 is 11.8 Å². The van der Waals surface area contributed by atoms with Gasteiger partial charge in [-0.25, -0.2) is 4.39 Å². The van der Waals surface area contributed by atoms with E-state index in [0.29, 0.717) is 19.0 Å². The lowest BCUT2D eigenvalue weighted by atomic mass is 9.69. The molecule has 0 bridgehead atoms. The van der Waals surface area contributed by atoms with Gasteiger partial charge in [0.15, 0.2) is 0 Å². The lowest BCUT2D eigenvalue weighted by Gasteiger charge is -2.45. The number of hydrogen-bond acceptors (Lipinski definition) is 3. The van der Waals surface area contributed by atoms with E-state index in [1.165, 1.54) is 12.1 Å². The first-order valence-corrected chi connectivity index (χ1v) is 12.0. The summed E-state index contributed by atoms with van der Waals surface area (Å²) in [7, 11) is 1.73. The molecule has 0 spiro atoms. The van der Waals surface area contributed by atoms with Gasteiger partial charge in [0.05, 0.1) is 10.8 Å². The third-order valence-corrected chi connectivity index (χ3v) is 8.12. The predicted octanol–water partition coefficient (Wildman–Crippen LogP) is 3.38. The second-order valence-corrected chi connectivity index (χ2v) is 9.85. The zero-order chi connectivity index (χ0) is 21.9. The molecule has 0 atom stereocenters. The van der Waals surface area contributed by atoms with E-state index >= 15 is 0 Å². The van der Waals surface area contributed by atoms with Crippen LogP contribution in [0.3, 0.4) is 0 Å². The molecule has 0 radical (unpaired) electrons. The normalized spacial score (nSPS) is 23.5. The first kappa shape index (κ1) is 22.3. The lowest BCUT2D eigenvalue weighted by Crippen LogP contribution is -2.54. The van der Waals surface area contributed by atoms with Gasteiger partial charge in [0.2, 0.25) is 11.8 Å². The molecule has 1 aliphatic carbocycles. The van der Waals surface area contributed by atoms with Crippen LogP contribution in [0.25, 0.3) is 0 Å². The van der Waals surface area contributed by atoms with Gasteiger partial charge in [-0.05, 0) is 81.6 Å². The molecule has 1 saturated carbocycles. The van der Waals surface area contributed by atoms with E-state index in [9.17, 15) is 14.0 Å². The zero-order valence-corrected chi connectivity index (χ0v) is 18.7. The van der Waals surface area contributed by atoms with Crippen LogP contribution in [0.15, 0.2) is 24.3 Å². The van der Waals surface area contributed by atoms with Gasteiger partial charge in [-0.2, -0.15) is 0 Å². The molecule has 6 heteroatoms. The number of hydrogen-bond donors (Lipinski definition) is 2. The average molecular weight is 430 g/mol. The Kier molecular flexibility index (Phi) is 6.65. The van der Waals surface area contributed by atoms with Crippen LogP contribution in [0, 0.1) is 17.2 Å². The predicted molar refractivity (Wildman–Crippen MR) is 119 cm³/mol. The Balaban J connectivity index is 1.49. The van der Waals surface area contributed by atoms with E-state index < -0.39 is 5.41 Å². The Morgan fingerprint density at radius 2 is 1.68 bits per heavy atom. The van der Waals surface area contributed by atoms with Crippen molar-refractivity contribution in [1.82, 2.24) is 15.5 Å². The van der Waals surface area contributed by atoms with Gasteiger partial charge in [-0.1, -0.05) is 25.0 Å². The third-order valence-electron chi connectivity index (χ3n) is 8.12. The van der Waals surface area contributed by atoms with Gasteiger partial charge in [-0.3, -0.25) is 9.59 Å². The fourth-order valence-corrected chi connectivity index (χ4v) is 6.24. The molecule has 0 aromatic heterocycles. The standard InChI is InChI=1S/C25H36FN3O2/c1-27-22(30)24(18-19-8-14-28-15-9-19)12-16-29(17-13-24)23(31)25(10-2-3-11-25)20-4-6-21(26)7-5-20/h4-7,19,28H,2-3,8-18H2,1H3,(H,27,30). The number of halogens is 1. The molecule has 3 aliphatic rings. The summed E-state index contributed by atoms with van der Waals surface area (Å²) < 4.78 is 13.5. The molecule has 2 aliphatic heterocycles. The van der Waals surface area contributed by atoms with Crippen molar-refractivity contribution < 1.29 is 14.0 Å². The molecule has 2 amide bonds. The maximum Gasteiger partial charge on any atom is 0.233 e. The highest BCUT2D eigenvalue weighted by atomic mass is 19.1. The van der Waals surface area contributed by atoms with E-state index in [0.717, 1.165) is 76.4 Å². The van der Waals surface area contributed by atoms with Gasteiger partial charge in [0.25, 0.3) is 0 Å². The molecule has 5 nitrogen and oxygen atoms in total. The van der Waals surface area contributed by atoms with Crippen LogP contribution in [0.2, 0.25) is 0 Å². The Bertz CT molecular complexity index is 774. The highest BCUT2D eigenvalue weighted by molar-refractivity contribution is 5.89. The maximum absolute atomic E-state index is 13.8. The Labute approximate surface area is 185 Å². The van der Waals surface area contributed by atoms with Crippen molar-refractivity contribution in [3.8, 4) is 0 Å². The fraction of sp³-hybridized carbons (Fsp3) is 0.680. The molecular formula is C25H36FN3O2. The van der Waals surface area contributed by atoms with Crippen molar-refractivity contribution in [2.45, 2.75) is 63.2 Å². The van der Waals surface area contributed by atoms with Gasteiger partial charge < -0.3 is 15.5 Å². The van der Waals surface area contributed by atoms with Gasteiger partial charge in [0.1, 0.15) is 5.82 Å². The number of amides is 2. The largest absolute Gasteiger partial charge is 0.359 e. The number of rotatable bonds is 5. The first-order chi connectivity index (χ1) is 15.0. The highest BCUT2D eigenvalue weighted by Gasteiger charge is 2.48. The second kappa shape index (κ2) is 9.27. The van der Waals surface area contributed by atoms with Crippen LogP contribution in [-0.2, 0) is 15.0 Å². The van der Waals surface area contributed by atoms with Crippen molar-refractivity contribution in [2.24, 2.45) is 11.3 Å². The Hall–Kier alpha value is -1.95. The summed E-state index contributed by atoms with van der Waals surface area (Å²) in [6, 6.07) is 6.51. The number of carbonyl (C=O) groups is 2. The summed E-state index contributed by atoms with van der Waals surface area (Å²) in [6.07, 6.45) is 8.30. The van der Waals surface area contributed by atoms with Gasteiger partial charge in [-0.15, -0.1) is 0 Å². The smallest absolute Gasteiger partial charge is 0.233 e. The van der Waals surface area contributed by atoms with Gasteiger partial charge in [0, 0.05) is 20.1 Å². The van der Waals surface area contributed by atoms with Crippen molar-refractivity contribution in [3.05, 3.63) is 35.6 Å². The summed E-state index contributed by atoms with van der Waals surface area (Å²) in [4.78, 5) is 28.7. The van der Waals surface area contributed by atoms with Gasteiger partial charge >= 0.3 is 0 Å². The number of benzene rings is 1. The minimum Gasteiger partial charge on any atom is -0.359 e. The molecule has 170 valence electrons. The average Bonchev–Trinajstić information content (AvgIpc) is 3.31. The monoisotopic (exact) mass is 429 g/mol. The van der Waals surface area contributed by atoms with E-state index in [1.807, 2.05) is 4.90 Å². The summed E-state index contributed by atoms with van der Waals surface area (Å²) in [5, 5.41) is 6.32. The fourth-order valence-electron chi connectivity index (χ4n) is 6.24. The molecule has 1 aromatic carbocycles. The molecule has 2 N–H and O–H groups in total. The van der Waals surface area contributed by atoms with Crippen molar-refractivity contribution in [3.63, 3.8) is 0 Å². The van der Waals surface area contributed by atoms with Crippen LogP contribution < -0.4 is 10.6 Å². The number of nitrogens with one attached hydrogen (secondary N) is 2. The van der Waals surface area contributed by atoms with Crippen LogP contribution in [0.4, 0.5) is 4.39 Å². The lowest BCUT2D eigenvalue weighted by molar-refractivity contribution is -0.145. The van der Waals surface area contributed by atoms with Crippen LogP contribution in [0.1, 0.15) is 63.4 Å². The highest BCUT2D eigenvalue weighted by Crippen LogP contribution is 2.45. The summed E-state index contributed by atoms with van der Waals surface area (Å²) >= 11 is 0. The van der Waals surface area contributed by atoms with E-state index in [4.69, 9.17) is 0 Å². The molecule has 4 rings (SSSR count). The number of carbonyl (C=O) groups excluding carboxylic acids is 2. The summed E-state index contributed by atoms with van der Waals surface area (Å²) in [5.41, 5.74) is 0.0383. The van der Waals surface area contributed by atoms with Crippen molar-refractivity contribution in [2.75, 3.05) is 33.2 Å². The topological polar surface area (TPSA) is 61.4 Å². The molecule has 1 aromatic rings. The maximum atomic E-state index is 13.8. The molecular weight excluding hydrogens is 393 g/mol. The SMILES string of the molecule is CNC(=O)C1(CC2CCNCC2)CCN(C(=O)C2(c3ccc(F)cc3)CCCC2)CC1. The van der Waals surface area contributed by atoms with Crippen LogP contribution >= 0.6 is 0 Å². The summed E-state index contributed by atoms with van der Waals surface area (Å²) in [5.74, 6) is 0.605. The van der Waals surface area contributed by atoms with Crippen LogP contribution in [0.5, 0.6) is 0 Å². The number of likely N-dealkylation sites (tertiary alicyclic amines) is 1. The number of piperidine rings is 2. The summed E-state index contributed by atoms with van der Waals surface area (Å²) in [6.45, 7) is 3.30. The minimum atomic E-state index is -0.532. The first-order valence-electron chi connectivity index (χ1n) is 12.0. The van der Waals surface area contributed by atoms with E-state index in [2.05, 4.69) is 10.6 Å².